The van der Waals surface area contributed by atoms with Crippen LogP contribution in [-0.4, -0.2) is 147 Å². The molecular weight excluding hydrogens is 943 g/mol. The maximum Gasteiger partial charge on any atom is 0.326 e. The number of aromatic nitrogens is 2. The molecule has 2 aromatic carbocycles. The maximum absolute atomic E-state index is 14.7. The number of nitrogens with two attached hydrogens (primary N) is 2. The van der Waals surface area contributed by atoms with E-state index in [-0.39, 0.29) is 63.4 Å². The summed E-state index contributed by atoms with van der Waals surface area (Å²) in [6.45, 7) is 7.16. The number of carboxylic acid groups (broad SMARTS) is 1. The Labute approximate surface area is 425 Å². The zero-order chi connectivity index (χ0) is 53.6. The number of carboxylic acids is 1. The molecule has 1 aliphatic heterocycles. The number of aliphatic carboxylic acids is 1. The molecule has 23 nitrogen and oxygen atoms in total. The van der Waals surface area contributed by atoms with E-state index >= 15 is 0 Å². The number of benzene rings is 2. The first-order chi connectivity index (χ1) is 34.8. The van der Waals surface area contributed by atoms with Crippen molar-refractivity contribution in [3.8, 4) is 5.75 Å². The first kappa shape index (κ1) is 58.0. The number of imidazole rings is 1. The first-order valence-electron chi connectivity index (χ1n) is 24.6. The molecule has 0 spiro atoms. The minimum absolute atomic E-state index is 0.0144. The number of amides is 7. The number of piperidine rings is 1. The lowest BCUT2D eigenvalue weighted by Gasteiger charge is -2.38. The van der Waals surface area contributed by atoms with Crippen LogP contribution in [0.5, 0.6) is 5.75 Å². The van der Waals surface area contributed by atoms with E-state index < -0.39 is 101 Å². The Balaban J connectivity index is 1.60. The second kappa shape index (κ2) is 29.1. The summed E-state index contributed by atoms with van der Waals surface area (Å²) in [4.78, 5) is 123. The summed E-state index contributed by atoms with van der Waals surface area (Å²) in [7, 11) is 1.57. The van der Waals surface area contributed by atoms with Crippen LogP contribution < -0.4 is 48.7 Å². The number of carbonyl (C=O) groups excluding carboxylic acids is 7. The van der Waals surface area contributed by atoms with Crippen molar-refractivity contribution >= 4 is 53.3 Å². The molecule has 1 fully saturated rings. The molecule has 0 unspecified atom stereocenters. The van der Waals surface area contributed by atoms with Crippen LogP contribution >= 0.6 is 0 Å². The number of guanidine groups is 1. The van der Waals surface area contributed by atoms with Crippen LogP contribution in [-0.2, 0) is 57.6 Å². The summed E-state index contributed by atoms with van der Waals surface area (Å²) < 4.78 is 0. The number of aromatic hydroxyl groups is 1. The SMILES string of the molecule is CC[C@H](C)[C@H](NC(=O)[C@H](Cc1ccc(O)cc1)NC(=O)[C@@H](NC(=O)[C@H](CCCN=C(N)N)NC(=O)CNC)C(C)C)C(=O)N[C@@H](Cc1cnc[nH]1)C(=O)N1CCCC[C@H]1C(=O)N[C@@H](Cc1ccccc1)C(=O)O. The number of nitrogens with zero attached hydrogens (tertiary/aromatic N) is 3. The van der Waals surface area contributed by atoms with Crippen molar-refractivity contribution in [1.82, 2.24) is 52.1 Å². The second-order valence-corrected chi connectivity index (χ2v) is 18.6. The van der Waals surface area contributed by atoms with Gasteiger partial charge in [0.05, 0.1) is 12.9 Å². The maximum atomic E-state index is 14.7. The Kier molecular flexibility index (Phi) is 23.1. The number of aliphatic imine (C=N–C) groups is 1. The number of hydrogen-bond acceptors (Lipinski definition) is 12. The molecule has 0 radical (unpaired) electrons. The molecule has 1 aliphatic rings. The monoisotopic (exact) mass is 1020 g/mol. The van der Waals surface area contributed by atoms with Crippen molar-refractivity contribution < 1.29 is 48.6 Å². The highest BCUT2D eigenvalue weighted by Gasteiger charge is 2.40. The lowest BCUT2D eigenvalue weighted by molar-refractivity contribution is -0.147. The third kappa shape index (κ3) is 18.5. The summed E-state index contributed by atoms with van der Waals surface area (Å²) in [5.74, 6) is -7.13. The van der Waals surface area contributed by atoms with Crippen molar-refractivity contribution in [2.45, 2.75) is 128 Å². The van der Waals surface area contributed by atoms with E-state index in [0.29, 0.717) is 42.5 Å². The molecule has 398 valence electrons. The molecule has 3 aromatic rings. The van der Waals surface area contributed by atoms with Gasteiger partial charge in [0.2, 0.25) is 41.4 Å². The van der Waals surface area contributed by atoms with E-state index in [1.54, 1.807) is 70.3 Å². The molecule has 0 aliphatic carbocycles. The predicted molar refractivity (Wildman–Crippen MR) is 271 cm³/mol. The molecular formula is C50H73N13O10. The lowest BCUT2D eigenvalue weighted by atomic mass is 9.95. The first-order valence-corrected chi connectivity index (χ1v) is 24.6. The smallest absolute Gasteiger partial charge is 0.326 e. The van der Waals surface area contributed by atoms with Gasteiger partial charge in [-0.3, -0.25) is 38.6 Å². The zero-order valence-electron chi connectivity index (χ0n) is 42.2. The van der Waals surface area contributed by atoms with Gasteiger partial charge in [0, 0.05) is 44.2 Å². The van der Waals surface area contributed by atoms with E-state index in [4.69, 9.17) is 11.5 Å². The summed E-state index contributed by atoms with van der Waals surface area (Å²) in [6, 6.07) is 6.24. The van der Waals surface area contributed by atoms with Crippen LogP contribution in [0.25, 0.3) is 0 Å². The van der Waals surface area contributed by atoms with E-state index in [1.165, 1.54) is 29.6 Å². The third-order valence-corrected chi connectivity index (χ3v) is 12.6. The Morgan fingerprint density at radius 3 is 2.01 bits per heavy atom. The average Bonchev–Trinajstić information content (AvgIpc) is 3.88. The van der Waals surface area contributed by atoms with E-state index in [9.17, 15) is 48.6 Å². The summed E-state index contributed by atoms with van der Waals surface area (Å²) in [6.07, 6.45) is 4.90. The highest BCUT2D eigenvalue weighted by atomic mass is 16.4. The van der Waals surface area contributed by atoms with E-state index in [2.05, 4.69) is 52.2 Å². The number of H-pyrrole nitrogens is 1. The largest absolute Gasteiger partial charge is 0.508 e. The third-order valence-electron chi connectivity index (χ3n) is 12.6. The molecule has 2 heterocycles. The van der Waals surface area contributed by atoms with Gasteiger partial charge in [-0.05, 0) is 74.2 Å². The zero-order valence-corrected chi connectivity index (χ0v) is 42.2. The lowest BCUT2D eigenvalue weighted by Crippen LogP contribution is -2.62. The van der Waals surface area contributed by atoms with Crippen LogP contribution in [0.4, 0.5) is 0 Å². The molecule has 14 N–H and O–H groups in total. The highest BCUT2D eigenvalue weighted by molar-refractivity contribution is 5.98. The van der Waals surface area contributed by atoms with Crippen LogP contribution in [0.2, 0.25) is 0 Å². The number of carbonyl (C=O) groups is 8. The number of aromatic amines is 1. The Hall–Kier alpha value is -7.56. The number of hydrogen-bond donors (Lipinski definition) is 12. The second-order valence-electron chi connectivity index (χ2n) is 18.6. The Bertz CT molecular complexity index is 2330. The van der Waals surface area contributed by atoms with E-state index in [0.717, 1.165) is 0 Å². The number of phenolic OH excluding ortho intramolecular Hbond substituents is 1. The fraction of sp³-hybridized carbons (Fsp3) is 0.520. The number of rotatable bonds is 28. The standard InChI is InChI=1S/C50H73N13O10/c1-6-30(4)42(47(70)59-37(25-33-26-54-28-56-33)48(71)63-22-11-10-16-39(63)45(68)60-38(49(72)73)24-31-13-8-7-9-14-31)62-44(67)36(23-32-17-19-34(64)20-18-32)58-46(69)41(29(2)3)61-43(66)35(57-40(65)27-53-5)15-12-21-55-50(51)52/h7-9,13-14,17-20,26,28-30,35-39,41-42,53,64H,6,10-12,15-16,21-25,27H2,1-5H3,(H,54,56)(H,57,65)(H,58,69)(H,59,70)(H,60,68)(H,61,66)(H,62,67)(H,72,73)(H4,51,52,55)/t30-,35-,36-,37-,38-,39-,41-,42-/m0/s1. The van der Waals surface area contributed by atoms with Gasteiger partial charge in [0.15, 0.2) is 5.96 Å². The average molecular weight is 1020 g/mol. The van der Waals surface area contributed by atoms with Gasteiger partial charge in [0.25, 0.3) is 0 Å². The van der Waals surface area contributed by atoms with Crippen molar-refractivity contribution in [1.29, 1.82) is 0 Å². The predicted octanol–water partition coefficient (Wildman–Crippen LogP) is -0.507. The molecule has 0 saturated carbocycles. The van der Waals surface area contributed by atoms with Crippen molar-refractivity contribution in [2.24, 2.45) is 28.3 Å². The van der Waals surface area contributed by atoms with Crippen molar-refractivity contribution in [2.75, 3.05) is 26.7 Å². The molecule has 4 rings (SSSR count). The molecule has 8 atom stereocenters. The van der Waals surface area contributed by atoms with Crippen molar-refractivity contribution in [3.63, 3.8) is 0 Å². The normalized spacial score (nSPS) is 16.2. The quantitative estimate of drug-likeness (QED) is 0.0248. The van der Waals surface area contributed by atoms with Gasteiger partial charge >= 0.3 is 5.97 Å². The van der Waals surface area contributed by atoms with Gasteiger partial charge in [-0.15, -0.1) is 0 Å². The Morgan fingerprint density at radius 2 is 1.40 bits per heavy atom. The summed E-state index contributed by atoms with van der Waals surface area (Å²) in [5.41, 5.74) is 12.6. The van der Waals surface area contributed by atoms with Crippen LogP contribution in [0.3, 0.4) is 0 Å². The molecule has 0 bridgehead atoms. The summed E-state index contributed by atoms with van der Waals surface area (Å²) in [5, 5.41) is 39.2. The summed E-state index contributed by atoms with van der Waals surface area (Å²) >= 11 is 0. The molecule has 23 heteroatoms. The number of nitrogens with one attached hydrogen (secondary N) is 8. The highest BCUT2D eigenvalue weighted by Crippen LogP contribution is 2.21. The van der Waals surface area contributed by atoms with Crippen LogP contribution in [0.1, 0.15) is 83.0 Å². The molecule has 1 saturated heterocycles. The number of phenols is 1. The van der Waals surface area contributed by atoms with Gasteiger partial charge < -0.3 is 68.8 Å². The number of likely N-dealkylation sites (N-methyl/N-ethyl adjacent to an activating group) is 1. The molecule has 73 heavy (non-hydrogen) atoms. The fourth-order valence-corrected chi connectivity index (χ4v) is 8.33. The van der Waals surface area contributed by atoms with Gasteiger partial charge in [-0.1, -0.05) is 76.6 Å². The van der Waals surface area contributed by atoms with Crippen molar-refractivity contribution in [3.05, 3.63) is 83.9 Å². The van der Waals surface area contributed by atoms with Gasteiger partial charge in [-0.2, -0.15) is 0 Å². The van der Waals surface area contributed by atoms with Crippen LogP contribution in [0.15, 0.2) is 72.1 Å². The van der Waals surface area contributed by atoms with Gasteiger partial charge in [0.1, 0.15) is 48.0 Å². The molecule has 1 aromatic heterocycles. The van der Waals surface area contributed by atoms with Crippen LogP contribution in [0, 0.1) is 11.8 Å². The minimum Gasteiger partial charge on any atom is -0.508 e. The topological polar surface area (TPSA) is 358 Å². The minimum atomic E-state index is -1.35. The Morgan fingerprint density at radius 1 is 0.767 bits per heavy atom. The van der Waals surface area contributed by atoms with Gasteiger partial charge in [-0.25, -0.2) is 9.78 Å². The fourth-order valence-electron chi connectivity index (χ4n) is 8.33. The van der Waals surface area contributed by atoms with E-state index in [1.807, 2.05) is 6.92 Å². The molecule has 7 amide bonds. The number of likely N-dealkylation sites (tertiary alicyclic amines) is 1.